The minimum absolute atomic E-state index is 0.257. The van der Waals surface area contributed by atoms with Crippen molar-refractivity contribution in [2.75, 3.05) is 39.9 Å². The van der Waals surface area contributed by atoms with Crippen LogP contribution in [0, 0.1) is 16.7 Å². The van der Waals surface area contributed by atoms with Crippen molar-refractivity contribution in [3.05, 3.63) is 0 Å². The van der Waals surface area contributed by atoms with Crippen LogP contribution >= 0.6 is 0 Å². The van der Waals surface area contributed by atoms with Crippen molar-refractivity contribution < 1.29 is 4.74 Å². The molecule has 0 spiro atoms. The van der Waals surface area contributed by atoms with Gasteiger partial charge in [-0.15, -0.1) is 0 Å². The first-order valence-corrected chi connectivity index (χ1v) is 6.94. The summed E-state index contributed by atoms with van der Waals surface area (Å²) in [7, 11) is 2.23. The smallest absolute Gasteiger partial charge is 0.0547 e. The molecule has 0 aliphatic carbocycles. The van der Waals surface area contributed by atoms with Gasteiger partial charge in [-0.1, -0.05) is 13.8 Å². The molecule has 2 N–H and O–H groups in total. The Morgan fingerprint density at radius 2 is 1.88 bits per heavy atom. The van der Waals surface area contributed by atoms with E-state index in [4.69, 9.17) is 10.5 Å². The number of hydrogen-bond acceptors (Lipinski definition) is 3. The van der Waals surface area contributed by atoms with E-state index in [-0.39, 0.29) is 5.41 Å². The lowest BCUT2D eigenvalue weighted by Crippen LogP contribution is -2.54. The summed E-state index contributed by atoms with van der Waals surface area (Å²) in [6.07, 6.45) is 3.89. The maximum Gasteiger partial charge on any atom is 0.0547 e. The molecule has 0 aromatic rings. The summed E-state index contributed by atoms with van der Waals surface area (Å²) in [5.41, 5.74) is 6.59. The van der Waals surface area contributed by atoms with Gasteiger partial charge in [0.15, 0.2) is 0 Å². The molecule has 17 heavy (non-hydrogen) atoms. The van der Waals surface area contributed by atoms with Crippen LogP contribution < -0.4 is 5.73 Å². The van der Waals surface area contributed by atoms with Crippen LogP contribution in [0.25, 0.3) is 0 Å². The van der Waals surface area contributed by atoms with Gasteiger partial charge < -0.3 is 15.4 Å². The van der Waals surface area contributed by atoms with Gasteiger partial charge in [0, 0.05) is 5.41 Å². The van der Waals surface area contributed by atoms with Crippen LogP contribution in [0.3, 0.4) is 0 Å². The summed E-state index contributed by atoms with van der Waals surface area (Å²) >= 11 is 0. The van der Waals surface area contributed by atoms with E-state index in [9.17, 15) is 0 Å². The van der Waals surface area contributed by atoms with Crippen LogP contribution in [-0.4, -0.2) is 44.8 Å². The third kappa shape index (κ3) is 2.83. The quantitative estimate of drug-likeness (QED) is 0.813. The second-order valence-electron chi connectivity index (χ2n) is 6.98. The molecule has 0 saturated carbocycles. The summed E-state index contributed by atoms with van der Waals surface area (Å²) in [5, 5.41) is 0. The first-order chi connectivity index (χ1) is 7.97. The highest BCUT2D eigenvalue weighted by molar-refractivity contribution is 4.97. The Hall–Kier alpha value is -0.120. The SMILES string of the molecule is CN1CCC(C2(CC(C)(C)CN)COC2)CC1. The molecule has 2 aliphatic rings. The zero-order valence-corrected chi connectivity index (χ0v) is 11.7. The van der Waals surface area contributed by atoms with E-state index in [1.165, 1.54) is 32.4 Å². The lowest BCUT2D eigenvalue weighted by Gasteiger charge is -2.52. The van der Waals surface area contributed by atoms with Crippen molar-refractivity contribution in [3.63, 3.8) is 0 Å². The summed E-state index contributed by atoms with van der Waals surface area (Å²) in [6, 6.07) is 0. The number of nitrogens with two attached hydrogens (primary N) is 1. The molecule has 0 aromatic heterocycles. The second-order valence-corrected chi connectivity index (χ2v) is 6.98. The molecule has 3 nitrogen and oxygen atoms in total. The summed E-state index contributed by atoms with van der Waals surface area (Å²) in [5.74, 6) is 0.846. The second kappa shape index (κ2) is 4.87. The molecule has 2 heterocycles. The molecule has 0 bridgehead atoms. The Bertz CT molecular complexity index is 253. The maximum atomic E-state index is 5.89. The monoisotopic (exact) mass is 240 g/mol. The van der Waals surface area contributed by atoms with E-state index < -0.39 is 0 Å². The maximum absolute atomic E-state index is 5.89. The van der Waals surface area contributed by atoms with Crippen molar-refractivity contribution in [2.24, 2.45) is 22.5 Å². The molecule has 0 unspecified atom stereocenters. The van der Waals surface area contributed by atoms with Gasteiger partial charge in [-0.25, -0.2) is 0 Å². The van der Waals surface area contributed by atoms with E-state index >= 15 is 0 Å². The third-order valence-electron chi connectivity index (χ3n) is 4.75. The summed E-state index contributed by atoms with van der Waals surface area (Å²) < 4.78 is 5.55. The van der Waals surface area contributed by atoms with Crippen LogP contribution in [-0.2, 0) is 4.74 Å². The van der Waals surface area contributed by atoms with Crippen molar-refractivity contribution >= 4 is 0 Å². The molecule has 2 fully saturated rings. The van der Waals surface area contributed by atoms with E-state index in [1.807, 2.05) is 0 Å². The Labute approximate surface area is 106 Å². The number of hydrogen-bond donors (Lipinski definition) is 1. The molecule has 100 valence electrons. The van der Waals surface area contributed by atoms with Crippen molar-refractivity contribution in [2.45, 2.75) is 33.1 Å². The van der Waals surface area contributed by atoms with Gasteiger partial charge in [0.25, 0.3) is 0 Å². The standard InChI is InChI=1S/C14H28N2O/c1-13(2,9-15)8-14(10-17-11-14)12-4-6-16(3)7-5-12/h12H,4-11,15H2,1-3H3. The topological polar surface area (TPSA) is 38.5 Å². The minimum atomic E-state index is 0.257. The minimum Gasteiger partial charge on any atom is -0.380 e. The van der Waals surface area contributed by atoms with Crippen molar-refractivity contribution in [1.82, 2.24) is 4.90 Å². The predicted molar refractivity (Wildman–Crippen MR) is 70.9 cm³/mol. The molecular weight excluding hydrogens is 212 g/mol. The van der Waals surface area contributed by atoms with E-state index in [0.29, 0.717) is 5.41 Å². The van der Waals surface area contributed by atoms with Crippen molar-refractivity contribution in [1.29, 1.82) is 0 Å². The van der Waals surface area contributed by atoms with Gasteiger partial charge in [0.05, 0.1) is 13.2 Å². The highest BCUT2D eigenvalue weighted by Crippen LogP contribution is 2.48. The lowest BCUT2D eigenvalue weighted by molar-refractivity contribution is -0.171. The molecule has 2 rings (SSSR count). The van der Waals surface area contributed by atoms with Gasteiger partial charge >= 0.3 is 0 Å². The van der Waals surface area contributed by atoms with Gasteiger partial charge in [0.2, 0.25) is 0 Å². The number of piperidine rings is 1. The number of rotatable bonds is 4. The normalized spacial score (nSPS) is 26.8. The van der Waals surface area contributed by atoms with Crippen LogP contribution in [0.1, 0.15) is 33.1 Å². The van der Waals surface area contributed by atoms with Gasteiger partial charge in [-0.3, -0.25) is 0 Å². The zero-order valence-electron chi connectivity index (χ0n) is 11.7. The molecule has 0 atom stereocenters. The number of likely N-dealkylation sites (tertiary alicyclic amines) is 1. The molecule has 0 amide bonds. The largest absolute Gasteiger partial charge is 0.380 e. The average Bonchev–Trinajstić information content (AvgIpc) is 2.25. The van der Waals surface area contributed by atoms with E-state index in [2.05, 4.69) is 25.8 Å². The fourth-order valence-corrected chi connectivity index (χ4v) is 3.49. The molecule has 3 heteroatoms. The van der Waals surface area contributed by atoms with Gasteiger partial charge in [0.1, 0.15) is 0 Å². The number of nitrogens with zero attached hydrogens (tertiary/aromatic N) is 1. The first-order valence-electron chi connectivity index (χ1n) is 6.94. The first kappa shape index (κ1) is 13.3. The van der Waals surface area contributed by atoms with Crippen LogP contribution in [0.4, 0.5) is 0 Å². The molecule has 2 saturated heterocycles. The highest BCUT2D eigenvalue weighted by Gasteiger charge is 2.48. The van der Waals surface area contributed by atoms with Gasteiger partial charge in [-0.05, 0) is 57.3 Å². The van der Waals surface area contributed by atoms with E-state index in [0.717, 1.165) is 25.7 Å². The zero-order chi connectivity index (χ0) is 12.5. The Morgan fingerprint density at radius 1 is 1.29 bits per heavy atom. The van der Waals surface area contributed by atoms with Gasteiger partial charge in [-0.2, -0.15) is 0 Å². The lowest BCUT2D eigenvalue weighted by atomic mass is 9.62. The fourth-order valence-electron chi connectivity index (χ4n) is 3.49. The van der Waals surface area contributed by atoms with Crippen molar-refractivity contribution in [3.8, 4) is 0 Å². The average molecular weight is 240 g/mol. The highest BCUT2D eigenvalue weighted by atomic mass is 16.5. The predicted octanol–water partition coefficient (Wildman–Crippen LogP) is 1.72. The molecular formula is C14H28N2O. The molecule has 0 radical (unpaired) electrons. The van der Waals surface area contributed by atoms with Crippen LogP contribution in [0.15, 0.2) is 0 Å². The van der Waals surface area contributed by atoms with E-state index in [1.54, 1.807) is 0 Å². The number of ether oxygens (including phenoxy) is 1. The van der Waals surface area contributed by atoms with Crippen LogP contribution in [0.5, 0.6) is 0 Å². The summed E-state index contributed by atoms with van der Waals surface area (Å²) in [6.45, 7) is 9.78. The summed E-state index contributed by atoms with van der Waals surface area (Å²) in [4.78, 5) is 2.44. The molecule has 2 aliphatic heterocycles. The van der Waals surface area contributed by atoms with Crippen LogP contribution in [0.2, 0.25) is 0 Å². The Kier molecular flexibility index (Phi) is 3.81. The Balaban J connectivity index is 1.99. The molecule has 0 aromatic carbocycles. The Morgan fingerprint density at radius 3 is 2.29 bits per heavy atom. The third-order valence-corrected chi connectivity index (χ3v) is 4.75. The fraction of sp³-hybridized carbons (Fsp3) is 1.00.